The van der Waals surface area contributed by atoms with Crippen molar-refractivity contribution in [1.29, 1.82) is 0 Å². The summed E-state index contributed by atoms with van der Waals surface area (Å²) in [6, 6.07) is 13.3. The first kappa shape index (κ1) is 20.9. The Hall–Kier alpha value is -2.31. The Balaban J connectivity index is 1.64. The number of aryl methyl sites for hydroxylation is 1. The van der Waals surface area contributed by atoms with Gasteiger partial charge >= 0.3 is 0 Å². The zero-order chi connectivity index (χ0) is 20.9. The molecule has 1 aliphatic rings. The molecule has 0 spiro atoms. The van der Waals surface area contributed by atoms with Gasteiger partial charge in [-0.05, 0) is 49.1 Å². The van der Waals surface area contributed by atoms with Crippen LogP contribution in [0.2, 0.25) is 0 Å². The van der Waals surface area contributed by atoms with E-state index in [9.17, 15) is 0 Å². The van der Waals surface area contributed by atoms with Crippen LogP contribution in [0.15, 0.2) is 36.4 Å². The fourth-order valence-electron chi connectivity index (χ4n) is 4.13. The monoisotopic (exact) mass is 425 g/mol. The zero-order valence-corrected chi connectivity index (χ0v) is 18.9. The first-order valence-corrected chi connectivity index (χ1v) is 11.7. The van der Waals surface area contributed by atoms with E-state index in [4.69, 9.17) is 14.5 Å². The molecule has 0 saturated heterocycles. The van der Waals surface area contributed by atoms with Crippen molar-refractivity contribution in [2.45, 2.75) is 45.1 Å². The number of rotatable bonds is 9. The molecule has 0 bridgehead atoms. The molecule has 5 nitrogen and oxygen atoms in total. The number of benzene rings is 2. The van der Waals surface area contributed by atoms with Crippen LogP contribution in [0.3, 0.4) is 0 Å². The molecule has 160 valence electrons. The number of hydrogen-bond donors (Lipinski definition) is 1. The van der Waals surface area contributed by atoms with E-state index in [0.29, 0.717) is 6.04 Å². The fourth-order valence-corrected chi connectivity index (χ4v) is 5.21. The van der Waals surface area contributed by atoms with Gasteiger partial charge in [0.1, 0.15) is 0 Å². The van der Waals surface area contributed by atoms with E-state index in [1.807, 2.05) is 12.1 Å². The molecule has 2 aromatic carbocycles. The second-order valence-corrected chi connectivity index (χ2v) is 8.79. The summed E-state index contributed by atoms with van der Waals surface area (Å²) >= 11 is 1.75. The number of ether oxygens (including phenoxy) is 2. The summed E-state index contributed by atoms with van der Waals surface area (Å²) in [5, 5.41) is 4.75. The third kappa shape index (κ3) is 4.55. The highest BCUT2D eigenvalue weighted by molar-refractivity contribution is 7.22. The lowest BCUT2D eigenvalue weighted by molar-refractivity contribution is 0.355. The quantitative estimate of drug-likeness (QED) is 0.487. The lowest BCUT2D eigenvalue weighted by Crippen LogP contribution is -2.34. The van der Waals surface area contributed by atoms with E-state index in [-0.39, 0.29) is 0 Å². The van der Waals surface area contributed by atoms with E-state index in [2.05, 4.69) is 41.4 Å². The SMILES string of the molecule is CCc1ccc2nc(N(CCNC3CCCC3)c3ccc(OC)c(OC)c3)sc2c1. The van der Waals surface area contributed by atoms with Crippen LogP contribution in [-0.2, 0) is 6.42 Å². The smallest absolute Gasteiger partial charge is 0.191 e. The predicted molar refractivity (Wildman–Crippen MR) is 126 cm³/mol. The van der Waals surface area contributed by atoms with Gasteiger partial charge < -0.3 is 19.7 Å². The maximum absolute atomic E-state index is 5.55. The zero-order valence-electron chi connectivity index (χ0n) is 18.1. The number of fused-ring (bicyclic) bond motifs is 1. The normalized spacial score (nSPS) is 14.4. The van der Waals surface area contributed by atoms with Crippen molar-refractivity contribution in [3.63, 3.8) is 0 Å². The molecule has 6 heteroatoms. The molecule has 30 heavy (non-hydrogen) atoms. The minimum absolute atomic E-state index is 0.653. The molecule has 0 radical (unpaired) electrons. The molecule has 0 amide bonds. The Kier molecular flexibility index (Phi) is 6.75. The maximum Gasteiger partial charge on any atom is 0.191 e. The minimum atomic E-state index is 0.653. The Labute approximate surface area is 183 Å². The predicted octanol–water partition coefficient (Wildman–Crippen LogP) is 5.55. The van der Waals surface area contributed by atoms with Crippen LogP contribution in [0.5, 0.6) is 11.5 Å². The van der Waals surface area contributed by atoms with Crippen molar-refractivity contribution in [3.05, 3.63) is 42.0 Å². The van der Waals surface area contributed by atoms with Gasteiger partial charge in [0, 0.05) is 30.9 Å². The van der Waals surface area contributed by atoms with Gasteiger partial charge in [-0.25, -0.2) is 4.98 Å². The van der Waals surface area contributed by atoms with Gasteiger partial charge in [0.05, 0.1) is 24.4 Å². The van der Waals surface area contributed by atoms with Crippen LogP contribution in [0.4, 0.5) is 10.8 Å². The third-order valence-corrected chi connectivity index (χ3v) is 6.92. The highest BCUT2D eigenvalue weighted by Gasteiger charge is 2.19. The summed E-state index contributed by atoms with van der Waals surface area (Å²) in [4.78, 5) is 7.25. The van der Waals surface area contributed by atoms with Gasteiger partial charge in [0.15, 0.2) is 16.6 Å². The van der Waals surface area contributed by atoms with Gasteiger partial charge in [-0.1, -0.05) is 37.2 Å². The van der Waals surface area contributed by atoms with Gasteiger partial charge in [-0.2, -0.15) is 0 Å². The van der Waals surface area contributed by atoms with Crippen molar-refractivity contribution in [3.8, 4) is 11.5 Å². The van der Waals surface area contributed by atoms with Crippen molar-refractivity contribution in [2.24, 2.45) is 0 Å². The molecular weight excluding hydrogens is 394 g/mol. The van der Waals surface area contributed by atoms with E-state index >= 15 is 0 Å². The number of anilines is 2. The molecule has 0 atom stereocenters. The molecule has 1 saturated carbocycles. The Bertz CT molecular complexity index is 982. The van der Waals surface area contributed by atoms with Gasteiger partial charge in [-0.15, -0.1) is 0 Å². The number of nitrogens with one attached hydrogen (secondary N) is 1. The average Bonchev–Trinajstić information content (AvgIpc) is 3.45. The summed E-state index contributed by atoms with van der Waals surface area (Å²) in [5.41, 5.74) is 3.47. The van der Waals surface area contributed by atoms with Crippen LogP contribution < -0.4 is 19.7 Å². The van der Waals surface area contributed by atoms with Crippen molar-refractivity contribution >= 4 is 32.4 Å². The van der Waals surface area contributed by atoms with Crippen molar-refractivity contribution in [1.82, 2.24) is 10.3 Å². The summed E-state index contributed by atoms with van der Waals surface area (Å²) in [6.45, 7) is 3.97. The van der Waals surface area contributed by atoms with E-state index in [1.54, 1.807) is 25.6 Å². The number of methoxy groups -OCH3 is 2. The van der Waals surface area contributed by atoms with Crippen LogP contribution in [-0.4, -0.2) is 38.3 Å². The molecule has 0 aliphatic heterocycles. The topological polar surface area (TPSA) is 46.6 Å². The molecule has 0 unspecified atom stereocenters. The number of hydrogen-bond acceptors (Lipinski definition) is 6. The Morgan fingerprint density at radius 3 is 2.60 bits per heavy atom. The number of aromatic nitrogens is 1. The second kappa shape index (κ2) is 9.67. The number of thiazole rings is 1. The highest BCUT2D eigenvalue weighted by Crippen LogP contribution is 2.37. The highest BCUT2D eigenvalue weighted by atomic mass is 32.1. The lowest BCUT2D eigenvalue weighted by atomic mass is 10.2. The molecule has 4 rings (SSSR count). The maximum atomic E-state index is 5.55. The van der Waals surface area contributed by atoms with Crippen LogP contribution in [0, 0.1) is 0 Å². The van der Waals surface area contributed by atoms with Gasteiger partial charge in [0.2, 0.25) is 0 Å². The lowest BCUT2D eigenvalue weighted by Gasteiger charge is -2.24. The largest absolute Gasteiger partial charge is 0.493 e. The molecule has 1 aromatic heterocycles. The van der Waals surface area contributed by atoms with E-state index in [0.717, 1.165) is 47.3 Å². The van der Waals surface area contributed by atoms with Crippen molar-refractivity contribution < 1.29 is 9.47 Å². The minimum Gasteiger partial charge on any atom is -0.493 e. The second-order valence-electron chi connectivity index (χ2n) is 7.78. The molecule has 3 aromatic rings. The number of nitrogens with zero attached hydrogens (tertiary/aromatic N) is 2. The summed E-state index contributed by atoms with van der Waals surface area (Å²) in [6.07, 6.45) is 6.30. The van der Waals surface area contributed by atoms with Crippen LogP contribution in [0.1, 0.15) is 38.2 Å². The van der Waals surface area contributed by atoms with Crippen LogP contribution in [0.25, 0.3) is 10.2 Å². The first-order valence-electron chi connectivity index (χ1n) is 10.8. The van der Waals surface area contributed by atoms with E-state index < -0.39 is 0 Å². The standard InChI is InChI=1S/C24H31N3O2S/c1-4-17-9-11-20-23(15-17)30-24(26-20)27(14-13-25-18-7-5-6-8-18)19-10-12-21(28-2)22(16-19)29-3/h9-12,15-16,18,25H,4-8,13-14H2,1-3H3. The summed E-state index contributed by atoms with van der Waals surface area (Å²) < 4.78 is 12.2. The molecule has 1 heterocycles. The summed E-state index contributed by atoms with van der Waals surface area (Å²) in [7, 11) is 3.34. The van der Waals surface area contributed by atoms with Crippen molar-refractivity contribution in [2.75, 3.05) is 32.2 Å². The molecule has 1 fully saturated rings. The molecule has 1 aliphatic carbocycles. The molecular formula is C24H31N3O2S. The first-order chi connectivity index (χ1) is 14.7. The van der Waals surface area contributed by atoms with Gasteiger partial charge in [0.25, 0.3) is 0 Å². The summed E-state index contributed by atoms with van der Waals surface area (Å²) in [5.74, 6) is 1.47. The fraction of sp³-hybridized carbons (Fsp3) is 0.458. The van der Waals surface area contributed by atoms with E-state index in [1.165, 1.54) is 35.9 Å². The average molecular weight is 426 g/mol. The Morgan fingerprint density at radius 1 is 1.07 bits per heavy atom. The van der Waals surface area contributed by atoms with Crippen LogP contribution >= 0.6 is 11.3 Å². The van der Waals surface area contributed by atoms with Gasteiger partial charge in [-0.3, -0.25) is 0 Å². The molecule has 1 N–H and O–H groups in total. The Morgan fingerprint density at radius 2 is 1.87 bits per heavy atom. The third-order valence-electron chi connectivity index (χ3n) is 5.88.